The predicted octanol–water partition coefficient (Wildman–Crippen LogP) is 3.78. The van der Waals surface area contributed by atoms with Gasteiger partial charge in [-0.1, -0.05) is 30.3 Å². The molecule has 0 aliphatic heterocycles. The van der Waals surface area contributed by atoms with E-state index in [0.717, 1.165) is 9.87 Å². The Kier molecular flexibility index (Phi) is 8.32. The number of anilines is 1. The first-order valence-corrected chi connectivity index (χ1v) is 12.1. The van der Waals surface area contributed by atoms with Gasteiger partial charge in [-0.05, 0) is 67.9 Å². The van der Waals surface area contributed by atoms with Crippen molar-refractivity contribution in [3.63, 3.8) is 0 Å². The maximum absolute atomic E-state index is 13.3. The fraction of sp³-hybridized carbons (Fsp3) is 0.240. The Labute approximate surface area is 195 Å². The third-order valence-corrected chi connectivity index (χ3v) is 6.52. The molecule has 1 amide bonds. The van der Waals surface area contributed by atoms with Crippen LogP contribution in [-0.2, 0) is 14.8 Å². The van der Waals surface area contributed by atoms with Gasteiger partial charge in [0.15, 0.2) is 0 Å². The highest BCUT2D eigenvalue weighted by molar-refractivity contribution is 7.92. The second-order valence-electron chi connectivity index (χ2n) is 7.27. The Hall–Kier alpha value is -3.52. The molecule has 0 aliphatic rings. The van der Waals surface area contributed by atoms with Gasteiger partial charge >= 0.3 is 0 Å². The Bertz CT molecular complexity index is 1150. The van der Waals surface area contributed by atoms with E-state index in [9.17, 15) is 13.2 Å². The average Bonchev–Trinajstić information content (AvgIpc) is 2.82. The molecule has 0 fully saturated rings. The molecule has 3 aromatic rings. The summed E-state index contributed by atoms with van der Waals surface area (Å²) in [4.78, 5) is 12.7. The van der Waals surface area contributed by atoms with Crippen LogP contribution in [0.3, 0.4) is 0 Å². The minimum absolute atomic E-state index is 0.106. The van der Waals surface area contributed by atoms with Crippen LogP contribution in [0.4, 0.5) is 5.69 Å². The van der Waals surface area contributed by atoms with Crippen LogP contribution in [0, 0.1) is 6.92 Å². The van der Waals surface area contributed by atoms with Crippen LogP contribution in [0.25, 0.3) is 0 Å². The molecule has 0 radical (unpaired) electrons. The van der Waals surface area contributed by atoms with Gasteiger partial charge in [-0.2, -0.15) is 0 Å². The normalized spacial score (nSPS) is 11.0. The first kappa shape index (κ1) is 24.1. The van der Waals surface area contributed by atoms with E-state index in [1.807, 2.05) is 38.1 Å². The first-order chi connectivity index (χ1) is 15.9. The largest absolute Gasteiger partial charge is 0.494 e. The quantitative estimate of drug-likeness (QED) is 0.433. The van der Waals surface area contributed by atoms with E-state index >= 15 is 0 Å². The van der Waals surface area contributed by atoms with E-state index < -0.39 is 15.9 Å². The summed E-state index contributed by atoms with van der Waals surface area (Å²) in [6, 6.07) is 22.3. The molecule has 0 aliphatic carbocycles. The molecule has 3 rings (SSSR count). The number of carbonyl (C=O) groups is 1. The Morgan fingerprint density at radius 1 is 0.909 bits per heavy atom. The van der Waals surface area contributed by atoms with Gasteiger partial charge in [0.2, 0.25) is 5.91 Å². The zero-order chi connectivity index (χ0) is 23.7. The fourth-order valence-corrected chi connectivity index (χ4v) is 4.60. The Morgan fingerprint density at radius 3 is 2.30 bits per heavy atom. The third-order valence-electron chi connectivity index (χ3n) is 4.74. The summed E-state index contributed by atoms with van der Waals surface area (Å²) in [5.41, 5.74) is 1.45. The SMILES string of the molecule is CCOc1ccc(N(CC(=O)NCCOc2cccc(C)c2)S(=O)(=O)c2ccccc2)cc1. The molecule has 0 saturated carbocycles. The van der Waals surface area contributed by atoms with E-state index in [2.05, 4.69) is 5.32 Å². The highest BCUT2D eigenvalue weighted by Gasteiger charge is 2.27. The highest BCUT2D eigenvalue weighted by Crippen LogP contribution is 2.25. The number of nitrogens with zero attached hydrogens (tertiary/aromatic N) is 1. The van der Waals surface area contributed by atoms with Crippen LogP contribution in [0.2, 0.25) is 0 Å². The third kappa shape index (κ3) is 6.73. The van der Waals surface area contributed by atoms with Crippen molar-refractivity contribution in [2.75, 3.05) is 30.6 Å². The topological polar surface area (TPSA) is 84.9 Å². The molecule has 0 saturated heterocycles. The number of rotatable bonds is 11. The van der Waals surface area contributed by atoms with E-state index in [1.54, 1.807) is 42.5 Å². The highest BCUT2D eigenvalue weighted by atomic mass is 32.2. The second kappa shape index (κ2) is 11.4. The number of hydrogen-bond acceptors (Lipinski definition) is 5. The number of nitrogens with one attached hydrogen (secondary N) is 1. The van der Waals surface area contributed by atoms with Crippen molar-refractivity contribution < 1.29 is 22.7 Å². The number of carbonyl (C=O) groups excluding carboxylic acids is 1. The lowest BCUT2D eigenvalue weighted by molar-refractivity contribution is -0.119. The van der Waals surface area contributed by atoms with E-state index in [4.69, 9.17) is 9.47 Å². The molecular formula is C25H28N2O5S. The van der Waals surface area contributed by atoms with E-state index in [1.165, 1.54) is 12.1 Å². The lowest BCUT2D eigenvalue weighted by Crippen LogP contribution is -2.41. The van der Waals surface area contributed by atoms with Gasteiger partial charge < -0.3 is 14.8 Å². The molecule has 0 heterocycles. The van der Waals surface area contributed by atoms with Crippen molar-refractivity contribution in [2.24, 2.45) is 0 Å². The average molecular weight is 469 g/mol. The zero-order valence-corrected chi connectivity index (χ0v) is 19.5. The van der Waals surface area contributed by atoms with Gasteiger partial charge in [-0.3, -0.25) is 9.10 Å². The maximum atomic E-state index is 13.3. The minimum Gasteiger partial charge on any atom is -0.494 e. The number of ether oxygens (including phenoxy) is 2. The molecule has 0 spiro atoms. The Morgan fingerprint density at radius 2 is 1.64 bits per heavy atom. The molecular weight excluding hydrogens is 440 g/mol. The van der Waals surface area contributed by atoms with Crippen LogP contribution in [-0.4, -0.2) is 40.6 Å². The molecule has 3 aromatic carbocycles. The molecule has 174 valence electrons. The van der Waals surface area contributed by atoms with Gasteiger partial charge in [0.1, 0.15) is 24.7 Å². The first-order valence-electron chi connectivity index (χ1n) is 10.7. The number of hydrogen-bond donors (Lipinski definition) is 1. The second-order valence-corrected chi connectivity index (χ2v) is 9.13. The summed E-state index contributed by atoms with van der Waals surface area (Å²) in [5, 5.41) is 2.73. The number of aryl methyl sites for hydroxylation is 1. The summed E-state index contributed by atoms with van der Waals surface area (Å²) in [5.74, 6) is 0.902. The van der Waals surface area contributed by atoms with Crippen LogP contribution < -0.4 is 19.1 Å². The van der Waals surface area contributed by atoms with Gasteiger partial charge in [0.25, 0.3) is 10.0 Å². The molecule has 0 unspecified atom stereocenters. The molecule has 33 heavy (non-hydrogen) atoms. The monoisotopic (exact) mass is 468 g/mol. The van der Waals surface area contributed by atoms with E-state index in [-0.39, 0.29) is 24.6 Å². The van der Waals surface area contributed by atoms with Crippen molar-refractivity contribution >= 4 is 21.6 Å². The standard InChI is InChI=1S/C25H28N2O5S/c1-3-31-22-14-12-21(13-15-22)27(33(29,30)24-10-5-4-6-11-24)19-25(28)26-16-17-32-23-9-7-8-20(2)18-23/h4-15,18H,3,16-17,19H2,1-2H3,(H,26,28). The van der Waals surface area contributed by atoms with Crippen molar-refractivity contribution in [3.05, 3.63) is 84.4 Å². The fourth-order valence-electron chi connectivity index (χ4n) is 3.16. The van der Waals surface area contributed by atoms with Gasteiger partial charge in [-0.15, -0.1) is 0 Å². The van der Waals surface area contributed by atoms with Crippen LogP contribution >= 0.6 is 0 Å². The van der Waals surface area contributed by atoms with Crippen LogP contribution in [0.1, 0.15) is 12.5 Å². The summed E-state index contributed by atoms with van der Waals surface area (Å²) >= 11 is 0. The predicted molar refractivity (Wildman–Crippen MR) is 128 cm³/mol. The van der Waals surface area contributed by atoms with Gasteiger partial charge in [-0.25, -0.2) is 8.42 Å². The summed E-state index contributed by atoms with van der Waals surface area (Å²) < 4.78 is 38.8. The summed E-state index contributed by atoms with van der Waals surface area (Å²) in [6.07, 6.45) is 0. The van der Waals surface area contributed by atoms with Crippen molar-refractivity contribution in [1.82, 2.24) is 5.32 Å². The lowest BCUT2D eigenvalue weighted by Gasteiger charge is -2.24. The molecule has 0 aromatic heterocycles. The van der Waals surface area contributed by atoms with E-state index in [0.29, 0.717) is 23.8 Å². The number of benzene rings is 3. The number of sulfonamides is 1. The smallest absolute Gasteiger partial charge is 0.264 e. The molecule has 1 N–H and O–H groups in total. The number of amides is 1. The molecule has 0 atom stereocenters. The zero-order valence-electron chi connectivity index (χ0n) is 18.7. The molecule has 0 bridgehead atoms. The summed E-state index contributed by atoms with van der Waals surface area (Å²) in [7, 11) is -3.95. The summed E-state index contributed by atoms with van der Waals surface area (Å²) in [6.45, 7) is 4.48. The lowest BCUT2D eigenvalue weighted by atomic mass is 10.2. The molecule has 7 nitrogen and oxygen atoms in total. The van der Waals surface area contributed by atoms with Crippen LogP contribution in [0.15, 0.2) is 83.8 Å². The maximum Gasteiger partial charge on any atom is 0.264 e. The van der Waals surface area contributed by atoms with Crippen LogP contribution in [0.5, 0.6) is 11.5 Å². The molecule has 8 heteroatoms. The van der Waals surface area contributed by atoms with Crippen molar-refractivity contribution in [1.29, 1.82) is 0 Å². The van der Waals surface area contributed by atoms with Crippen molar-refractivity contribution in [3.8, 4) is 11.5 Å². The van der Waals surface area contributed by atoms with Gasteiger partial charge in [0, 0.05) is 0 Å². The van der Waals surface area contributed by atoms with Gasteiger partial charge in [0.05, 0.1) is 23.7 Å². The Balaban J connectivity index is 1.70. The van der Waals surface area contributed by atoms with Crippen molar-refractivity contribution in [2.45, 2.75) is 18.7 Å². The minimum atomic E-state index is -3.95.